The van der Waals surface area contributed by atoms with Gasteiger partial charge in [0.2, 0.25) is 0 Å². The summed E-state index contributed by atoms with van der Waals surface area (Å²) in [5.74, 6) is 0.795. The number of hydrogen-bond acceptors (Lipinski definition) is 3. The van der Waals surface area contributed by atoms with Gasteiger partial charge < -0.3 is 14.5 Å². The van der Waals surface area contributed by atoms with Crippen molar-refractivity contribution >= 4 is 5.97 Å². The molecule has 3 atom stereocenters. The van der Waals surface area contributed by atoms with E-state index in [1.165, 1.54) is 49.7 Å². The molecule has 0 aromatic carbocycles. The Hall–Kier alpha value is -0.610. The van der Waals surface area contributed by atoms with Crippen LogP contribution in [0, 0.1) is 11.8 Å². The predicted molar refractivity (Wildman–Crippen MR) is 82.8 cm³/mol. The quantitative estimate of drug-likeness (QED) is 0.639. The highest BCUT2D eigenvalue weighted by molar-refractivity contribution is 5.72. The van der Waals surface area contributed by atoms with Crippen LogP contribution in [0.4, 0.5) is 0 Å². The van der Waals surface area contributed by atoms with Crippen molar-refractivity contribution in [1.82, 2.24) is 5.32 Å². The van der Waals surface area contributed by atoms with Gasteiger partial charge in [-0.25, -0.2) is 0 Å². The molecule has 0 bridgehead atoms. The van der Waals surface area contributed by atoms with Crippen molar-refractivity contribution in [3.8, 4) is 0 Å². The maximum Gasteiger partial charge on any atom is 0.309 e. The molecule has 0 aliphatic carbocycles. The van der Waals surface area contributed by atoms with Gasteiger partial charge in [0.15, 0.2) is 0 Å². The zero-order chi connectivity index (χ0) is 14.7. The fraction of sp³-hybridized carbons (Fsp3) is 0.941. The molecule has 1 N–H and O–H groups in total. The van der Waals surface area contributed by atoms with Crippen LogP contribution in [0.15, 0.2) is 0 Å². The predicted octanol–water partition coefficient (Wildman–Crippen LogP) is 1.94. The second kappa shape index (κ2) is 6.66. The number of carbonyl (C=O) groups is 1. The molecule has 3 heterocycles. The highest BCUT2D eigenvalue weighted by Gasteiger charge is 2.44. The SMILES string of the molecule is C[N@+]12CCCC[C@@H]1[C@H](COC(=O)C1CCNCC1)CCC2. The van der Waals surface area contributed by atoms with Gasteiger partial charge in [-0.1, -0.05) is 0 Å². The van der Waals surface area contributed by atoms with E-state index in [0.717, 1.165) is 32.0 Å². The molecular formula is C17H31N2O2+. The van der Waals surface area contributed by atoms with Gasteiger partial charge >= 0.3 is 5.97 Å². The number of quaternary nitrogens is 1. The van der Waals surface area contributed by atoms with E-state index in [4.69, 9.17) is 4.74 Å². The Bertz CT molecular complexity index is 364. The highest BCUT2D eigenvalue weighted by Crippen LogP contribution is 2.36. The molecule has 0 unspecified atom stereocenters. The molecule has 0 amide bonds. The number of rotatable bonds is 3. The monoisotopic (exact) mass is 295 g/mol. The van der Waals surface area contributed by atoms with Crippen LogP contribution in [0.3, 0.4) is 0 Å². The van der Waals surface area contributed by atoms with Gasteiger partial charge in [0.1, 0.15) is 0 Å². The maximum absolute atomic E-state index is 12.2. The number of fused-ring (bicyclic) bond motifs is 1. The van der Waals surface area contributed by atoms with E-state index in [1.54, 1.807) is 0 Å². The average Bonchev–Trinajstić information content (AvgIpc) is 2.52. The molecule has 0 radical (unpaired) electrons. The summed E-state index contributed by atoms with van der Waals surface area (Å²) in [4.78, 5) is 12.2. The van der Waals surface area contributed by atoms with E-state index < -0.39 is 0 Å². The molecule has 0 aromatic rings. The van der Waals surface area contributed by atoms with Gasteiger partial charge in [0, 0.05) is 12.3 Å². The Labute approximate surface area is 128 Å². The lowest BCUT2D eigenvalue weighted by molar-refractivity contribution is -0.947. The van der Waals surface area contributed by atoms with Crippen molar-refractivity contribution < 1.29 is 14.0 Å². The number of piperidine rings is 3. The molecular weight excluding hydrogens is 264 g/mol. The number of nitrogens with zero attached hydrogens (tertiary/aromatic N) is 1. The zero-order valence-electron chi connectivity index (χ0n) is 13.5. The van der Waals surface area contributed by atoms with Gasteiger partial charge in [0.25, 0.3) is 0 Å². The van der Waals surface area contributed by atoms with Gasteiger partial charge in [-0.2, -0.15) is 0 Å². The smallest absolute Gasteiger partial charge is 0.309 e. The van der Waals surface area contributed by atoms with E-state index in [1.807, 2.05) is 0 Å². The molecule has 3 saturated heterocycles. The molecule has 4 heteroatoms. The van der Waals surface area contributed by atoms with Crippen LogP contribution in [-0.4, -0.2) is 56.3 Å². The van der Waals surface area contributed by atoms with Crippen molar-refractivity contribution in [2.75, 3.05) is 39.8 Å². The number of hydrogen-bond donors (Lipinski definition) is 1. The first-order valence-electron chi connectivity index (χ1n) is 8.91. The summed E-state index contributed by atoms with van der Waals surface area (Å²) >= 11 is 0. The topological polar surface area (TPSA) is 38.3 Å². The summed E-state index contributed by atoms with van der Waals surface area (Å²) in [6.07, 6.45) is 8.49. The standard InChI is InChI=1S/C17H31N2O2/c1-19-11-3-2-6-16(19)15(5-4-12-19)13-21-17(20)14-7-9-18-10-8-14/h14-16,18H,2-13H2,1H3/q+1/t15-,16+,19+/m0/s1. The number of nitrogens with one attached hydrogen (secondary N) is 1. The molecule has 3 rings (SSSR count). The summed E-state index contributed by atoms with van der Waals surface area (Å²) in [5, 5.41) is 3.31. The zero-order valence-corrected chi connectivity index (χ0v) is 13.5. The fourth-order valence-electron chi connectivity index (χ4n) is 4.79. The highest BCUT2D eigenvalue weighted by atomic mass is 16.5. The Morgan fingerprint density at radius 3 is 2.67 bits per heavy atom. The summed E-state index contributed by atoms with van der Waals surface area (Å²) in [7, 11) is 2.42. The van der Waals surface area contributed by atoms with Crippen LogP contribution in [-0.2, 0) is 9.53 Å². The van der Waals surface area contributed by atoms with Crippen LogP contribution >= 0.6 is 0 Å². The van der Waals surface area contributed by atoms with Crippen molar-refractivity contribution in [2.45, 2.75) is 51.0 Å². The second-order valence-corrected chi connectivity index (χ2v) is 7.55. The third-order valence-electron chi connectivity index (χ3n) is 6.12. The van der Waals surface area contributed by atoms with Gasteiger partial charge in [0.05, 0.1) is 38.7 Å². The first kappa shape index (κ1) is 15.3. The second-order valence-electron chi connectivity index (χ2n) is 7.55. The van der Waals surface area contributed by atoms with Crippen molar-refractivity contribution in [3.05, 3.63) is 0 Å². The van der Waals surface area contributed by atoms with Crippen LogP contribution in [0.1, 0.15) is 44.9 Å². The Morgan fingerprint density at radius 1 is 1.10 bits per heavy atom. The van der Waals surface area contributed by atoms with Crippen LogP contribution in [0.25, 0.3) is 0 Å². The largest absolute Gasteiger partial charge is 0.465 e. The lowest BCUT2D eigenvalue weighted by Crippen LogP contribution is -2.61. The molecule has 3 aliphatic heterocycles. The lowest BCUT2D eigenvalue weighted by atomic mass is 9.82. The minimum Gasteiger partial charge on any atom is -0.465 e. The number of ether oxygens (including phenoxy) is 1. The van der Waals surface area contributed by atoms with Gasteiger partial charge in [-0.05, 0) is 51.6 Å². The number of esters is 1. The fourth-order valence-corrected chi connectivity index (χ4v) is 4.79. The van der Waals surface area contributed by atoms with E-state index >= 15 is 0 Å². The molecule has 3 fully saturated rings. The Balaban J connectivity index is 1.53. The number of carbonyl (C=O) groups excluding carboxylic acids is 1. The van der Waals surface area contributed by atoms with Crippen LogP contribution < -0.4 is 5.32 Å². The summed E-state index contributed by atoms with van der Waals surface area (Å²) < 4.78 is 6.97. The molecule has 3 aliphatic rings. The van der Waals surface area contributed by atoms with Crippen molar-refractivity contribution in [2.24, 2.45) is 11.8 Å². The molecule has 21 heavy (non-hydrogen) atoms. The lowest BCUT2D eigenvalue weighted by Gasteiger charge is -2.51. The molecule has 120 valence electrons. The van der Waals surface area contributed by atoms with E-state index in [9.17, 15) is 4.79 Å². The third-order valence-corrected chi connectivity index (χ3v) is 6.12. The van der Waals surface area contributed by atoms with Crippen LogP contribution in [0.5, 0.6) is 0 Å². The molecule has 0 saturated carbocycles. The molecule has 4 nitrogen and oxygen atoms in total. The summed E-state index contributed by atoms with van der Waals surface area (Å²) in [6.45, 7) is 5.23. The minimum atomic E-state index is 0.0621. The van der Waals surface area contributed by atoms with E-state index in [-0.39, 0.29) is 11.9 Å². The van der Waals surface area contributed by atoms with E-state index in [0.29, 0.717) is 12.5 Å². The summed E-state index contributed by atoms with van der Waals surface area (Å²) in [6, 6.07) is 0.730. The minimum absolute atomic E-state index is 0.0621. The maximum atomic E-state index is 12.2. The molecule has 0 spiro atoms. The molecule has 0 aromatic heterocycles. The Morgan fingerprint density at radius 2 is 1.86 bits per heavy atom. The third kappa shape index (κ3) is 3.42. The normalized spacial score (nSPS) is 37.8. The first-order valence-corrected chi connectivity index (χ1v) is 8.91. The summed E-state index contributed by atoms with van der Waals surface area (Å²) in [5.41, 5.74) is 0. The first-order chi connectivity index (χ1) is 10.2. The average molecular weight is 295 g/mol. The van der Waals surface area contributed by atoms with Crippen LogP contribution in [0.2, 0.25) is 0 Å². The van der Waals surface area contributed by atoms with Gasteiger partial charge in [-0.15, -0.1) is 0 Å². The van der Waals surface area contributed by atoms with Crippen molar-refractivity contribution in [1.29, 1.82) is 0 Å². The van der Waals surface area contributed by atoms with Crippen molar-refractivity contribution in [3.63, 3.8) is 0 Å². The van der Waals surface area contributed by atoms with Gasteiger partial charge in [-0.3, -0.25) is 4.79 Å². The van der Waals surface area contributed by atoms with E-state index in [2.05, 4.69) is 12.4 Å². The Kier molecular flexibility index (Phi) is 4.85.